The van der Waals surface area contributed by atoms with E-state index in [9.17, 15) is 18.0 Å². The number of carbonyl (C=O) groups is 1. The number of amides is 1. The number of hydrogen-bond acceptors (Lipinski definition) is 2. The third kappa shape index (κ3) is 4.38. The lowest BCUT2D eigenvalue weighted by molar-refractivity contribution is -0.137. The van der Waals surface area contributed by atoms with Crippen molar-refractivity contribution in [3.05, 3.63) is 78.4 Å². The molecule has 2 heterocycles. The third-order valence-corrected chi connectivity index (χ3v) is 7.29. The summed E-state index contributed by atoms with van der Waals surface area (Å²) in [7, 11) is 0. The number of imidazole rings is 1. The fourth-order valence-electron chi connectivity index (χ4n) is 5.18. The summed E-state index contributed by atoms with van der Waals surface area (Å²) in [6.45, 7) is 1.86. The Labute approximate surface area is 207 Å². The fraction of sp³-hybridized carbons (Fsp3) is 0.310. The lowest BCUT2D eigenvalue weighted by atomic mass is 10.0. The zero-order valence-electron chi connectivity index (χ0n) is 19.7. The Bertz CT molecular complexity index is 1410. The number of rotatable bonds is 5. The molecule has 0 unspecified atom stereocenters. The molecule has 1 saturated heterocycles. The van der Waals surface area contributed by atoms with Crippen molar-refractivity contribution in [3.8, 4) is 22.5 Å². The van der Waals surface area contributed by atoms with Crippen molar-refractivity contribution in [2.24, 2.45) is 11.8 Å². The van der Waals surface area contributed by atoms with Crippen molar-refractivity contribution in [1.29, 1.82) is 0 Å². The quantitative estimate of drug-likeness (QED) is 0.315. The topological polar surface area (TPSA) is 38.1 Å². The molecule has 2 fully saturated rings. The van der Waals surface area contributed by atoms with Crippen molar-refractivity contribution in [2.75, 3.05) is 13.1 Å². The minimum absolute atomic E-state index is 0.169. The molecule has 6 rings (SSSR count). The van der Waals surface area contributed by atoms with Crippen LogP contribution in [-0.2, 0) is 17.5 Å². The maximum Gasteiger partial charge on any atom is 0.416 e. The summed E-state index contributed by atoms with van der Waals surface area (Å²) < 4.78 is 42.5. The summed E-state index contributed by atoms with van der Waals surface area (Å²) >= 11 is 0. The number of nitrogens with zero attached hydrogens (tertiary/aromatic N) is 3. The van der Waals surface area contributed by atoms with Gasteiger partial charge in [-0.1, -0.05) is 54.6 Å². The molecule has 3 aromatic carbocycles. The molecule has 0 bridgehead atoms. The second-order valence-electron chi connectivity index (χ2n) is 9.90. The number of alkyl halides is 3. The highest BCUT2D eigenvalue weighted by Gasteiger charge is 2.37. The maximum atomic E-state index is 13.5. The van der Waals surface area contributed by atoms with Gasteiger partial charge in [-0.2, -0.15) is 13.2 Å². The van der Waals surface area contributed by atoms with Crippen LogP contribution in [0.25, 0.3) is 33.5 Å². The number of fused-ring (bicyclic) bond motifs is 1. The molecular formula is C29H26F3N3O. The van der Waals surface area contributed by atoms with E-state index in [0.29, 0.717) is 36.5 Å². The second kappa shape index (κ2) is 8.80. The van der Waals surface area contributed by atoms with Gasteiger partial charge in [0.25, 0.3) is 0 Å². The maximum absolute atomic E-state index is 13.5. The Morgan fingerprint density at radius 1 is 0.889 bits per heavy atom. The van der Waals surface area contributed by atoms with Gasteiger partial charge in [-0.15, -0.1) is 0 Å². The first-order chi connectivity index (χ1) is 17.4. The Morgan fingerprint density at radius 2 is 1.58 bits per heavy atom. The summed E-state index contributed by atoms with van der Waals surface area (Å²) in [5.41, 5.74) is 3.33. The van der Waals surface area contributed by atoms with Crippen LogP contribution in [0.1, 0.15) is 24.8 Å². The lowest BCUT2D eigenvalue weighted by Gasteiger charge is -2.18. The first kappa shape index (κ1) is 22.8. The molecule has 4 nitrogen and oxygen atoms in total. The third-order valence-electron chi connectivity index (χ3n) is 7.29. The molecule has 36 heavy (non-hydrogen) atoms. The molecule has 184 valence electrons. The minimum Gasteiger partial charge on any atom is -0.342 e. The van der Waals surface area contributed by atoms with Gasteiger partial charge in [0, 0.05) is 31.1 Å². The highest BCUT2D eigenvalue weighted by molar-refractivity contribution is 5.82. The van der Waals surface area contributed by atoms with E-state index in [-0.39, 0.29) is 17.7 Å². The molecule has 0 N–H and O–H groups in total. The first-order valence-electron chi connectivity index (χ1n) is 12.4. The molecule has 1 aliphatic carbocycles. The van der Waals surface area contributed by atoms with Crippen molar-refractivity contribution in [3.63, 3.8) is 0 Å². The average Bonchev–Trinajstić information content (AvgIpc) is 3.53. The van der Waals surface area contributed by atoms with Crippen molar-refractivity contribution < 1.29 is 18.0 Å². The van der Waals surface area contributed by atoms with Crippen molar-refractivity contribution in [1.82, 2.24) is 14.5 Å². The van der Waals surface area contributed by atoms with Crippen LogP contribution in [0.4, 0.5) is 13.2 Å². The van der Waals surface area contributed by atoms with Crippen LogP contribution in [0.15, 0.2) is 72.8 Å². The van der Waals surface area contributed by atoms with E-state index >= 15 is 0 Å². The Morgan fingerprint density at radius 3 is 2.28 bits per heavy atom. The number of likely N-dealkylation sites (tertiary alicyclic amines) is 1. The number of carbonyl (C=O) groups excluding carboxylic acids is 1. The number of halogens is 3. The van der Waals surface area contributed by atoms with Crippen LogP contribution in [0, 0.1) is 11.8 Å². The molecule has 0 radical (unpaired) electrons. The Kier molecular flexibility index (Phi) is 5.58. The molecule has 1 aliphatic heterocycles. The highest BCUT2D eigenvalue weighted by atomic mass is 19.4. The number of aromatic nitrogens is 2. The van der Waals surface area contributed by atoms with Crippen molar-refractivity contribution in [2.45, 2.75) is 32.0 Å². The zero-order valence-corrected chi connectivity index (χ0v) is 19.7. The molecule has 7 heteroatoms. The van der Waals surface area contributed by atoms with E-state index in [4.69, 9.17) is 4.98 Å². The second-order valence-corrected chi connectivity index (χ2v) is 9.90. The van der Waals surface area contributed by atoms with Gasteiger partial charge in [-0.25, -0.2) is 4.98 Å². The predicted octanol–water partition coefficient (Wildman–Crippen LogP) is 6.65. The predicted molar refractivity (Wildman–Crippen MR) is 133 cm³/mol. The van der Waals surface area contributed by atoms with Gasteiger partial charge in [0.2, 0.25) is 5.91 Å². The van der Waals surface area contributed by atoms with Crippen molar-refractivity contribution >= 4 is 16.9 Å². The van der Waals surface area contributed by atoms with Crippen LogP contribution >= 0.6 is 0 Å². The summed E-state index contributed by atoms with van der Waals surface area (Å²) in [6, 6.07) is 21.7. The van der Waals surface area contributed by atoms with E-state index in [0.717, 1.165) is 42.0 Å². The highest BCUT2D eigenvalue weighted by Crippen LogP contribution is 2.36. The standard InChI is InChI=1S/C29H26F3N3O/c30-29(31,32)24-12-13-25-26(16-24)35(18-19-14-15-34(17-19)28(36)23-10-11-23)27(33-25)22-8-6-21(7-9-22)20-4-2-1-3-5-20/h1-9,12-13,16,19,23H,10-11,14-15,17-18H2/t19-/m1/s1. The molecule has 4 aromatic rings. The average molecular weight is 490 g/mol. The minimum atomic E-state index is -4.43. The van der Waals surface area contributed by atoms with E-state index in [1.54, 1.807) is 0 Å². The van der Waals surface area contributed by atoms with E-state index in [1.165, 1.54) is 12.1 Å². The largest absolute Gasteiger partial charge is 0.416 e. The SMILES string of the molecule is O=C(C1CC1)N1CC[C@@H](Cn2c(-c3ccc(-c4ccccc4)cc3)nc3ccc(C(F)(F)F)cc32)C1. The molecule has 1 amide bonds. The lowest BCUT2D eigenvalue weighted by Crippen LogP contribution is -2.30. The van der Waals surface area contributed by atoms with Gasteiger partial charge in [0.1, 0.15) is 5.82 Å². The summed E-state index contributed by atoms with van der Waals surface area (Å²) in [5.74, 6) is 1.22. The van der Waals surface area contributed by atoms with Gasteiger partial charge >= 0.3 is 6.18 Å². The molecule has 1 saturated carbocycles. The smallest absolute Gasteiger partial charge is 0.342 e. The fourth-order valence-corrected chi connectivity index (χ4v) is 5.18. The molecule has 1 atom stereocenters. The summed E-state index contributed by atoms with van der Waals surface area (Å²) in [4.78, 5) is 19.2. The molecule has 2 aliphatic rings. The van der Waals surface area contributed by atoms with E-state index < -0.39 is 11.7 Å². The summed E-state index contributed by atoms with van der Waals surface area (Å²) in [5, 5.41) is 0. The van der Waals surface area contributed by atoms with Crippen LogP contribution in [0.3, 0.4) is 0 Å². The van der Waals surface area contributed by atoms with Crippen LogP contribution in [-0.4, -0.2) is 33.4 Å². The normalized spacial score (nSPS) is 18.2. The molecular weight excluding hydrogens is 463 g/mol. The monoisotopic (exact) mass is 489 g/mol. The van der Waals surface area contributed by atoms with Gasteiger partial charge in [0.05, 0.1) is 16.6 Å². The Balaban J connectivity index is 1.36. The van der Waals surface area contributed by atoms with Gasteiger partial charge < -0.3 is 9.47 Å². The first-order valence-corrected chi connectivity index (χ1v) is 12.4. The summed E-state index contributed by atoms with van der Waals surface area (Å²) in [6.07, 6.45) is -1.66. The number of benzene rings is 3. The zero-order chi connectivity index (χ0) is 24.9. The Hall–Kier alpha value is -3.61. The van der Waals surface area contributed by atoms with Crippen LogP contribution in [0.5, 0.6) is 0 Å². The van der Waals surface area contributed by atoms with Gasteiger partial charge in [-0.3, -0.25) is 4.79 Å². The van der Waals surface area contributed by atoms with E-state index in [1.807, 2.05) is 64.1 Å². The van der Waals surface area contributed by atoms with Gasteiger partial charge in [-0.05, 0) is 54.5 Å². The molecule has 0 spiro atoms. The number of hydrogen-bond donors (Lipinski definition) is 0. The van der Waals surface area contributed by atoms with Crippen LogP contribution in [0.2, 0.25) is 0 Å². The van der Waals surface area contributed by atoms with E-state index in [2.05, 4.69) is 0 Å². The molecule has 1 aromatic heterocycles. The van der Waals surface area contributed by atoms with Gasteiger partial charge in [0.15, 0.2) is 0 Å². The van der Waals surface area contributed by atoms with Crippen LogP contribution < -0.4 is 0 Å².